The minimum Gasteiger partial charge on any atom is -0.381 e. The maximum absolute atomic E-state index is 5.36. The van der Waals surface area contributed by atoms with Crippen LogP contribution in [0.4, 0.5) is 5.82 Å². The molecule has 1 aliphatic rings. The molecule has 2 rings (SSSR count). The molecule has 0 atom stereocenters. The number of halogens is 1. The van der Waals surface area contributed by atoms with Gasteiger partial charge in [0.2, 0.25) is 0 Å². The van der Waals surface area contributed by atoms with Gasteiger partial charge in [-0.05, 0) is 28.8 Å². The molecule has 18 heavy (non-hydrogen) atoms. The van der Waals surface area contributed by atoms with Gasteiger partial charge in [-0.1, -0.05) is 20.8 Å². The van der Waals surface area contributed by atoms with Crippen LogP contribution in [0.3, 0.4) is 0 Å². The summed E-state index contributed by atoms with van der Waals surface area (Å²) < 4.78 is 6.19. The topological polar surface area (TPSA) is 47.0 Å². The van der Waals surface area contributed by atoms with E-state index in [1.807, 2.05) is 6.07 Å². The molecular weight excluding hydrogens is 294 g/mol. The van der Waals surface area contributed by atoms with Crippen molar-refractivity contribution in [1.82, 2.24) is 9.97 Å². The summed E-state index contributed by atoms with van der Waals surface area (Å²) in [4.78, 5) is 9.04. The third kappa shape index (κ3) is 3.65. The van der Waals surface area contributed by atoms with Crippen LogP contribution in [0.2, 0.25) is 0 Å². The second-order valence-electron chi connectivity index (χ2n) is 5.68. The molecule has 2 heterocycles. The monoisotopic (exact) mass is 313 g/mol. The van der Waals surface area contributed by atoms with Crippen LogP contribution in [0, 0.1) is 0 Å². The van der Waals surface area contributed by atoms with Crippen molar-refractivity contribution in [2.45, 2.75) is 45.1 Å². The minimum absolute atomic E-state index is 0.0457. The number of hydrogen-bond acceptors (Lipinski definition) is 4. The van der Waals surface area contributed by atoms with Gasteiger partial charge in [0.25, 0.3) is 0 Å². The van der Waals surface area contributed by atoms with E-state index >= 15 is 0 Å². The zero-order valence-electron chi connectivity index (χ0n) is 11.2. The fourth-order valence-electron chi connectivity index (χ4n) is 1.88. The molecule has 1 aromatic heterocycles. The third-order valence-corrected chi connectivity index (χ3v) is 3.35. The van der Waals surface area contributed by atoms with Crippen LogP contribution in [-0.2, 0) is 10.2 Å². The summed E-state index contributed by atoms with van der Waals surface area (Å²) in [5, 5.41) is 3.47. The Morgan fingerprint density at radius 1 is 1.28 bits per heavy atom. The molecule has 1 aliphatic heterocycles. The highest BCUT2D eigenvalue weighted by Gasteiger charge is 2.20. The van der Waals surface area contributed by atoms with E-state index in [1.54, 1.807) is 0 Å². The molecule has 0 unspecified atom stereocenters. The number of nitrogens with zero attached hydrogens (tertiary/aromatic N) is 2. The van der Waals surface area contributed by atoms with Crippen molar-refractivity contribution in [3.63, 3.8) is 0 Å². The largest absolute Gasteiger partial charge is 0.381 e. The zero-order valence-corrected chi connectivity index (χ0v) is 12.7. The van der Waals surface area contributed by atoms with E-state index in [4.69, 9.17) is 4.74 Å². The van der Waals surface area contributed by atoms with E-state index in [1.165, 1.54) is 0 Å². The predicted molar refractivity (Wildman–Crippen MR) is 75.9 cm³/mol. The molecule has 0 spiro atoms. The predicted octanol–water partition coefficient (Wildman–Crippen LogP) is 3.13. The van der Waals surface area contributed by atoms with Crippen molar-refractivity contribution in [3.8, 4) is 0 Å². The molecular formula is C13H20BrN3O. The molecule has 4 nitrogen and oxygen atoms in total. The van der Waals surface area contributed by atoms with Gasteiger partial charge in [-0.15, -0.1) is 0 Å². The first-order valence-corrected chi connectivity index (χ1v) is 7.14. The Morgan fingerprint density at radius 3 is 2.56 bits per heavy atom. The fourth-order valence-corrected chi connectivity index (χ4v) is 2.26. The molecule has 1 saturated heterocycles. The average Bonchev–Trinajstić information content (AvgIpc) is 2.28. The summed E-state index contributed by atoms with van der Waals surface area (Å²) in [7, 11) is 0. The number of anilines is 1. The van der Waals surface area contributed by atoms with Gasteiger partial charge in [-0.3, -0.25) is 0 Å². The Bertz CT molecular complexity index is 411. The Hall–Kier alpha value is -0.680. The number of aromatic nitrogens is 2. The van der Waals surface area contributed by atoms with Gasteiger partial charge in [0.15, 0.2) is 0 Å². The van der Waals surface area contributed by atoms with Crippen LogP contribution >= 0.6 is 15.9 Å². The molecule has 1 fully saturated rings. The third-order valence-electron chi connectivity index (χ3n) is 2.94. The number of nitrogens with one attached hydrogen (secondary N) is 1. The van der Waals surface area contributed by atoms with Crippen molar-refractivity contribution < 1.29 is 4.74 Å². The van der Waals surface area contributed by atoms with Gasteiger partial charge in [0, 0.05) is 30.7 Å². The van der Waals surface area contributed by atoms with Gasteiger partial charge in [-0.2, -0.15) is 0 Å². The SMILES string of the molecule is CC(C)(C)c1nc(Br)cc(NC2CCOCC2)n1. The van der Waals surface area contributed by atoms with E-state index in [2.05, 4.69) is 52.0 Å². The quantitative estimate of drug-likeness (QED) is 0.852. The second kappa shape index (κ2) is 5.53. The average molecular weight is 314 g/mol. The molecule has 5 heteroatoms. The lowest BCUT2D eigenvalue weighted by atomic mass is 9.96. The maximum atomic E-state index is 5.36. The molecule has 0 bridgehead atoms. The first-order valence-electron chi connectivity index (χ1n) is 6.34. The summed E-state index contributed by atoms with van der Waals surface area (Å²) >= 11 is 3.45. The fraction of sp³-hybridized carbons (Fsp3) is 0.692. The summed E-state index contributed by atoms with van der Waals surface area (Å²) in [5.74, 6) is 1.75. The van der Waals surface area contributed by atoms with E-state index < -0.39 is 0 Å². The minimum atomic E-state index is -0.0457. The second-order valence-corrected chi connectivity index (χ2v) is 6.49. The van der Waals surface area contributed by atoms with Crippen molar-refractivity contribution >= 4 is 21.7 Å². The van der Waals surface area contributed by atoms with Crippen molar-refractivity contribution in [2.75, 3.05) is 18.5 Å². The molecule has 0 saturated carbocycles. The Balaban J connectivity index is 2.14. The first kappa shape index (κ1) is 13.7. The summed E-state index contributed by atoms with van der Waals surface area (Å²) in [6.07, 6.45) is 2.07. The highest BCUT2D eigenvalue weighted by molar-refractivity contribution is 9.10. The van der Waals surface area contributed by atoms with E-state index in [9.17, 15) is 0 Å². The standard InChI is InChI=1S/C13H20BrN3O/c1-13(2,3)12-16-10(14)8-11(17-12)15-9-4-6-18-7-5-9/h8-9H,4-7H2,1-3H3,(H,15,16,17). The van der Waals surface area contributed by atoms with Gasteiger partial charge in [0.05, 0.1) is 0 Å². The zero-order chi connectivity index (χ0) is 13.2. The lowest BCUT2D eigenvalue weighted by molar-refractivity contribution is 0.0904. The van der Waals surface area contributed by atoms with Crippen molar-refractivity contribution in [1.29, 1.82) is 0 Å². The van der Waals surface area contributed by atoms with E-state index in [0.29, 0.717) is 6.04 Å². The Labute approximate surface area is 117 Å². The molecule has 0 amide bonds. The number of ether oxygens (including phenoxy) is 1. The molecule has 0 aromatic carbocycles. The van der Waals surface area contributed by atoms with E-state index in [0.717, 1.165) is 42.3 Å². The van der Waals surface area contributed by atoms with Crippen LogP contribution in [0.25, 0.3) is 0 Å². The lowest BCUT2D eigenvalue weighted by Gasteiger charge is -2.24. The molecule has 1 aromatic rings. The summed E-state index contributed by atoms with van der Waals surface area (Å²) in [6, 6.07) is 2.39. The van der Waals surface area contributed by atoms with Gasteiger partial charge in [0.1, 0.15) is 16.2 Å². The summed E-state index contributed by atoms with van der Waals surface area (Å²) in [5.41, 5.74) is -0.0457. The Kier molecular flexibility index (Phi) is 4.22. The van der Waals surface area contributed by atoms with Gasteiger partial charge in [-0.25, -0.2) is 9.97 Å². The highest BCUT2D eigenvalue weighted by atomic mass is 79.9. The summed E-state index contributed by atoms with van der Waals surface area (Å²) in [6.45, 7) is 8.01. The lowest BCUT2D eigenvalue weighted by Crippen LogP contribution is -2.29. The molecule has 0 aliphatic carbocycles. The van der Waals surface area contributed by atoms with Gasteiger partial charge >= 0.3 is 0 Å². The molecule has 100 valence electrons. The van der Waals surface area contributed by atoms with Crippen LogP contribution in [0.1, 0.15) is 39.4 Å². The normalized spacial score (nSPS) is 17.8. The maximum Gasteiger partial charge on any atom is 0.137 e. The highest BCUT2D eigenvalue weighted by Crippen LogP contribution is 2.23. The van der Waals surface area contributed by atoms with Crippen molar-refractivity contribution in [2.24, 2.45) is 0 Å². The van der Waals surface area contributed by atoms with Gasteiger partial charge < -0.3 is 10.1 Å². The van der Waals surface area contributed by atoms with E-state index in [-0.39, 0.29) is 5.41 Å². The Morgan fingerprint density at radius 2 is 1.94 bits per heavy atom. The smallest absolute Gasteiger partial charge is 0.137 e. The van der Waals surface area contributed by atoms with Crippen LogP contribution in [-0.4, -0.2) is 29.2 Å². The van der Waals surface area contributed by atoms with Crippen LogP contribution in [0.15, 0.2) is 10.7 Å². The number of hydrogen-bond donors (Lipinski definition) is 1. The first-order chi connectivity index (χ1) is 8.45. The molecule has 0 radical (unpaired) electrons. The van der Waals surface area contributed by atoms with Crippen LogP contribution < -0.4 is 5.32 Å². The van der Waals surface area contributed by atoms with Crippen LogP contribution in [0.5, 0.6) is 0 Å². The van der Waals surface area contributed by atoms with Crippen molar-refractivity contribution in [3.05, 3.63) is 16.5 Å². The molecule has 1 N–H and O–H groups in total. The number of rotatable bonds is 2.